The van der Waals surface area contributed by atoms with Gasteiger partial charge in [0.05, 0.1) is 24.6 Å². The summed E-state index contributed by atoms with van der Waals surface area (Å²) in [5.74, 6) is -3.80. The van der Waals surface area contributed by atoms with Gasteiger partial charge in [0.25, 0.3) is 0 Å². The monoisotopic (exact) mass is 422 g/mol. The fraction of sp³-hybridized carbons (Fsp3) is 0.375. The summed E-state index contributed by atoms with van der Waals surface area (Å²) in [6.07, 6.45) is 0. The number of benzene rings is 2. The lowest BCUT2D eigenvalue weighted by molar-refractivity contribution is -0.151. The van der Waals surface area contributed by atoms with Crippen LogP contribution in [0.25, 0.3) is 0 Å². The van der Waals surface area contributed by atoms with Crippen LogP contribution in [0.2, 0.25) is 0 Å². The number of nitrogens with one attached hydrogen (secondary N) is 1. The molecule has 31 heavy (non-hydrogen) atoms. The molecule has 0 spiro atoms. The van der Waals surface area contributed by atoms with E-state index in [-0.39, 0.29) is 0 Å². The van der Waals surface area contributed by atoms with E-state index in [0.29, 0.717) is 17.0 Å². The van der Waals surface area contributed by atoms with Crippen LogP contribution in [-0.2, 0) is 14.4 Å². The van der Waals surface area contributed by atoms with E-state index in [2.05, 4.69) is 5.32 Å². The third kappa shape index (κ3) is 2.87. The summed E-state index contributed by atoms with van der Waals surface area (Å²) in [6, 6.07) is 13.7. The van der Waals surface area contributed by atoms with Gasteiger partial charge in [0.1, 0.15) is 11.3 Å². The molecular weight excluding hydrogens is 396 g/mol. The molecule has 0 aliphatic carbocycles. The molecule has 4 unspecified atom stereocenters. The number of anilines is 1. The molecule has 2 N–H and O–H groups in total. The largest absolute Gasteiger partial charge is 0.496 e. The van der Waals surface area contributed by atoms with Gasteiger partial charge < -0.3 is 9.84 Å². The highest BCUT2D eigenvalue weighted by atomic mass is 16.5. The maximum atomic E-state index is 13.7. The van der Waals surface area contributed by atoms with E-state index < -0.39 is 47.1 Å². The molecule has 4 atom stereocenters. The highest BCUT2D eigenvalue weighted by Gasteiger charge is 2.70. The van der Waals surface area contributed by atoms with E-state index in [4.69, 9.17) is 4.74 Å². The number of amides is 2. The van der Waals surface area contributed by atoms with Crippen LogP contribution >= 0.6 is 0 Å². The van der Waals surface area contributed by atoms with Gasteiger partial charge in [-0.2, -0.15) is 0 Å². The van der Waals surface area contributed by atoms with Crippen molar-refractivity contribution in [1.29, 1.82) is 0 Å². The van der Waals surface area contributed by atoms with Crippen LogP contribution in [0.15, 0.2) is 48.5 Å². The highest BCUT2D eigenvalue weighted by Crippen LogP contribution is 2.53. The van der Waals surface area contributed by atoms with Crippen molar-refractivity contribution in [3.8, 4) is 5.75 Å². The van der Waals surface area contributed by atoms with Gasteiger partial charge in [-0.15, -0.1) is 0 Å². The Labute approximate surface area is 181 Å². The third-order valence-electron chi connectivity index (χ3n) is 6.69. The van der Waals surface area contributed by atoms with Crippen molar-refractivity contribution in [1.82, 2.24) is 5.32 Å². The van der Waals surface area contributed by atoms with Crippen molar-refractivity contribution in [3.05, 3.63) is 59.7 Å². The SMILES string of the molecule is COc1ccccc1C1NC(C(=O)O)(C(C)C)C2C(=O)N(c3ccccc3C)C(=O)C12. The fourth-order valence-electron chi connectivity index (χ4n) is 5.16. The summed E-state index contributed by atoms with van der Waals surface area (Å²) in [5, 5.41) is 13.5. The van der Waals surface area contributed by atoms with Gasteiger partial charge in [-0.1, -0.05) is 50.2 Å². The second-order valence-electron chi connectivity index (χ2n) is 8.49. The van der Waals surface area contributed by atoms with Crippen LogP contribution in [-0.4, -0.2) is 35.5 Å². The Balaban J connectivity index is 1.92. The Bertz CT molecular complexity index is 1070. The minimum Gasteiger partial charge on any atom is -0.496 e. The number of rotatable bonds is 5. The number of imide groups is 1. The van der Waals surface area contributed by atoms with Crippen molar-refractivity contribution >= 4 is 23.5 Å². The molecule has 2 aliphatic heterocycles. The lowest BCUT2D eigenvalue weighted by Gasteiger charge is -2.34. The van der Waals surface area contributed by atoms with Crippen LogP contribution in [0.1, 0.15) is 31.0 Å². The molecule has 162 valence electrons. The van der Waals surface area contributed by atoms with Gasteiger partial charge in [0, 0.05) is 11.6 Å². The molecule has 7 nitrogen and oxygen atoms in total. The van der Waals surface area contributed by atoms with Gasteiger partial charge in [-0.05, 0) is 30.5 Å². The van der Waals surface area contributed by atoms with E-state index in [0.717, 1.165) is 5.56 Å². The quantitative estimate of drug-likeness (QED) is 0.720. The first-order valence-electron chi connectivity index (χ1n) is 10.3. The zero-order valence-electron chi connectivity index (χ0n) is 18.0. The number of methoxy groups -OCH3 is 1. The molecule has 0 radical (unpaired) electrons. The van der Waals surface area contributed by atoms with Gasteiger partial charge in [-0.3, -0.25) is 19.7 Å². The molecule has 2 saturated heterocycles. The fourth-order valence-corrected chi connectivity index (χ4v) is 5.16. The van der Waals surface area contributed by atoms with Crippen molar-refractivity contribution in [2.45, 2.75) is 32.4 Å². The Hall–Kier alpha value is -3.19. The lowest BCUT2D eigenvalue weighted by Crippen LogP contribution is -2.59. The van der Waals surface area contributed by atoms with E-state index >= 15 is 0 Å². The number of hydrogen-bond acceptors (Lipinski definition) is 5. The average Bonchev–Trinajstić information content (AvgIpc) is 3.24. The van der Waals surface area contributed by atoms with E-state index in [1.165, 1.54) is 12.0 Å². The molecule has 0 bridgehead atoms. The summed E-state index contributed by atoms with van der Waals surface area (Å²) in [6.45, 7) is 5.35. The first kappa shape index (κ1) is 21.1. The number of aliphatic carboxylic acids is 1. The van der Waals surface area contributed by atoms with Gasteiger partial charge in [0.2, 0.25) is 11.8 Å². The maximum absolute atomic E-state index is 13.7. The number of hydrogen-bond donors (Lipinski definition) is 2. The molecule has 0 aromatic heterocycles. The van der Waals surface area contributed by atoms with Crippen LogP contribution in [0, 0.1) is 24.7 Å². The van der Waals surface area contributed by atoms with E-state index in [1.54, 1.807) is 38.1 Å². The van der Waals surface area contributed by atoms with Gasteiger partial charge >= 0.3 is 5.97 Å². The maximum Gasteiger partial charge on any atom is 0.325 e. The first-order valence-corrected chi connectivity index (χ1v) is 10.3. The number of carbonyl (C=O) groups is 3. The normalized spacial score (nSPS) is 27.6. The minimum atomic E-state index is -1.58. The second-order valence-corrected chi connectivity index (χ2v) is 8.49. The number of ether oxygens (including phenoxy) is 1. The van der Waals surface area contributed by atoms with E-state index in [1.807, 2.05) is 31.2 Å². The Kier molecular flexibility index (Phi) is 5.09. The number of para-hydroxylation sites is 2. The van der Waals surface area contributed by atoms with Crippen molar-refractivity contribution in [2.75, 3.05) is 12.0 Å². The Morgan fingerprint density at radius 2 is 1.74 bits per heavy atom. The molecule has 0 saturated carbocycles. The number of aryl methyl sites for hydroxylation is 1. The smallest absolute Gasteiger partial charge is 0.325 e. The Morgan fingerprint density at radius 1 is 1.10 bits per heavy atom. The van der Waals surface area contributed by atoms with Crippen LogP contribution in [0.5, 0.6) is 5.75 Å². The van der Waals surface area contributed by atoms with Crippen molar-refractivity contribution in [3.63, 3.8) is 0 Å². The Morgan fingerprint density at radius 3 is 2.35 bits per heavy atom. The van der Waals surface area contributed by atoms with Crippen LogP contribution in [0.4, 0.5) is 5.69 Å². The summed E-state index contributed by atoms with van der Waals surface area (Å²) < 4.78 is 5.49. The van der Waals surface area contributed by atoms with Crippen LogP contribution < -0.4 is 15.0 Å². The molecule has 4 rings (SSSR count). The minimum absolute atomic E-state index is 0.392. The summed E-state index contributed by atoms with van der Waals surface area (Å²) in [7, 11) is 1.53. The van der Waals surface area contributed by atoms with Crippen molar-refractivity contribution in [2.24, 2.45) is 17.8 Å². The molecule has 2 amide bonds. The number of carbonyl (C=O) groups excluding carboxylic acids is 2. The predicted octanol–water partition coefficient (Wildman–Crippen LogP) is 2.93. The van der Waals surface area contributed by atoms with E-state index in [9.17, 15) is 19.5 Å². The molecule has 2 aromatic rings. The predicted molar refractivity (Wildman–Crippen MR) is 115 cm³/mol. The zero-order valence-corrected chi connectivity index (χ0v) is 18.0. The molecule has 7 heteroatoms. The van der Waals surface area contributed by atoms with Crippen LogP contribution in [0.3, 0.4) is 0 Å². The first-order chi connectivity index (χ1) is 14.8. The number of carboxylic acid groups (broad SMARTS) is 1. The third-order valence-corrected chi connectivity index (χ3v) is 6.69. The van der Waals surface area contributed by atoms with Gasteiger partial charge in [-0.25, -0.2) is 4.90 Å². The summed E-state index contributed by atoms with van der Waals surface area (Å²) in [4.78, 5) is 41.2. The second kappa shape index (κ2) is 7.50. The topological polar surface area (TPSA) is 95.9 Å². The number of fused-ring (bicyclic) bond motifs is 1. The number of carboxylic acids is 1. The summed E-state index contributed by atoms with van der Waals surface area (Å²) in [5.41, 5.74) is 0.349. The molecular formula is C24H26N2O5. The van der Waals surface area contributed by atoms with Crippen molar-refractivity contribution < 1.29 is 24.2 Å². The average molecular weight is 422 g/mol. The molecule has 2 heterocycles. The summed E-state index contributed by atoms with van der Waals surface area (Å²) >= 11 is 0. The molecule has 2 aliphatic rings. The molecule has 2 fully saturated rings. The molecule has 2 aromatic carbocycles. The standard InChI is InChI=1S/C24H26N2O5/c1-13(2)24(23(29)30)19-18(20(25-24)15-10-6-8-12-17(15)31-4)21(27)26(22(19)28)16-11-7-5-9-14(16)3/h5-13,18-20,25H,1-4H3,(H,29,30). The lowest BCUT2D eigenvalue weighted by atomic mass is 9.73. The highest BCUT2D eigenvalue weighted by molar-refractivity contribution is 6.24. The number of nitrogens with zero attached hydrogens (tertiary/aromatic N) is 1. The zero-order chi connectivity index (χ0) is 22.5. The van der Waals surface area contributed by atoms with Gasteiger partial charge in [0.15, 0.2) is 0 Å².